The smallest absolute Gasteiger partial charge is 0.231 e. The largest absolute Gasteiger partial charge is 0.454 e. The molecular weight excluding hydrogens is 328 g/mol. The van der Waals surface area contributed by atoms with Crippen molar-refractivity contribution in [3.8, 4) is 11.5 Å². The highest BCUT2D eigenvalue weighted by Gasteiger charge is 2.46. The molecule has 1 unspecified atom stereocenters. The van der Waals surface area contributed by atoms with Gasteiger partial charge in [-0.25, -0.2) is 0 Å². The molecule has 3 nitrogen and oxygen atoms in total. The maximum atomic E-state index is 10.7. The zero-order valence-corrected chi connectivity index (χ0v) is 15.2. The molecule has 0 amide bonds. The second-order valence-electron chi connectivity index (χ2n) is 6.08. The van der Waals surface area contributed by atoms with Crippen molar-refractivity contribution >= 4 is 29.6 Å². The number of allylic oxidation sites excluding steroid dienone is 1. The number of thioether (sulfide) groups is 2. The van der Waals surface area contributed by atoms with Crippen LogP contribution in [0.2, 0.25) is 0 Å². The van der Waals surface area contributed by atoms with Gasteiger partial charge in [-0.15, -0.1) is 23.5 Å². The van der Waals surface area contributed by atoms with Gasteiger partial charge >= 0.3 is 0 Å². The number of ether oxygens (including phenoxy) is 2. The van der Waals surface area contributed by atoms with Gasteiger partial charge < -0.3 is 14.6 Å². The first-order valence-corrected chi connectivity index (χ1v) is 10.1. The van der Waals surface area contributed by atoms with E-state index in [4.69, 9.17) is 9.47 Å². The van der Waals surface area contributed by atoms with E-state index >= 15 is 0 Å². The monoisotopic (exact) mass is 350 g/mol. The second-order valence-corrected chi connectivity index (χ2v) is 8.03. The minimum Gasteiger partial charge on any atom is -0.454 e. The lowest BCUT2D eigenvalue weighted by Crippen LogP contribution is -2.25. The zero-order valence-electron chi connectivity index (χ0n) is 13.6. The molecule has 1 aromatic carbocycles. The Balaban J connectivity index is 1.63. The van der Waals surface area contributed by atoms with Crippen LogP contribution in [0.25, 0.3) is 6.08 Å². The number of hydrogen-bond donors (Lipinski definition) is 1. The molecular formula is C18H22O3S2. The quantitative estimate of drug-likeness (QED) is 0.824. The van der Waals surface area contributed by atoms with Gasteiger partial charge in [0.15, 0.2) is 11.5 Å². The fourth-order valence-electron chi connectivity index (χ4n) is 2.90. The van der Waals surface area contributed by atoms with Gasteiger partial charge in [-0.2, -0.15) is 0 Å². The molecule has 0 bridgehead atoms. The zero-order chi connectivity index (χ0) is 16.4. The Hall–Kier alpha value is -1.04. The van der Waals surface area contributed by atoms with Gasteiger partial charge in [-0.05, 0) is 61.5 Å². The minimum absolute atomic E-state index is 0.294. The lowest BCUT2D eigenvalue weighted by atomic mass is 9.99. The SMILES string of the molecule is CSC(=CC(C)(O)[C@@H]1C[C@H]1/C=C/c1ccc2c(c1)OCO2)SC. The highest BCUT2D eigenvalue weighted by atomic mass is 32.2. The normalized spacial score (nSPS) is 24.5. The summed E-state index contributed by atoms with van der Waals surface area (Å²) in [5.74, 6) is 2.33. The van der Waals surface area contributed by atoms with Crippen molar-refractivity contribution in [1.82, 2.24) is 0 Å². The summed E-state index contributed by atoms with van der Waals surface area (Å²) >= 11 is 3.37. The summed E-state index contributed by atoms with van der Waals surface area (Å²) < 4.78 is 11.9. The lowest BCUT2D eigenvalue weighted by Gasteiger charge is -2.20. The molecule has 1 aromatic rings. The van der Waals surface area contributed by atoms with E-state index < -0.39 is 5.60 Å². The van der Waals surface area contributed by atoms with Gasteiger partial charge in [0.25, 0.3) is 0 Å². The first-order valence-electron chi connectivity index (χ1n) is 7.64. The van der Waals surface area contributed by atoms with Crippen molar-refractivity contribution in [3.05, 3.63) is 40.2 Å². The Morgan fingerprint density at radius 2 is 2.00 bits per heavy atom. The molecule has 3 atom stereocenters. The predicted octanol–water partition coefficient (Wildman–Crippen LogP) is 4.38. The molecule has 3 rings (SSSR count). The first-order chi connectivity index (χ1) is 11.0. The summed E-state index contributed by atoms with van der Waals surface area (Å²) in [5, 5.41) is 10.7. The molecule has 23 heavy (non-hydrogen) atoms. The van der Waals surface area contributed by atoms with E-state index in [2.05, 4.69) is 12.2 Å². The fourth-order valence-corrected chi connectivity index (χ4v) is 4.28. The van der Waals surface area contributed by atoms with E-state index in [1.165, 1.54) is 4.24 Å². The van der Waals surface area contributed by atoms with Crippen molar-refractivity contribution in [2.75, 3.05) is 19.3 Å². The summed E-state index contributed by atoms with van der Waals surface area (Å²) in [4.78, 5) is 0. The highest BCUT2D eigenvalue weighted by Crippen LogP contribution is 2.49. The standard InChI is InChI=1S/C18H22O3S2/c1-18(19,10-17(22-2)23-3)14-9-13(14)6-4-12-5-7-15-16(8-12)21-11-20-15/h4-8,10,13-14,19H,9,11H2,1-3H3/b6-4+/t13-,14-,18?/m1/s1. The Labute approximate surface area is 146 Å². The fraction of sp³-hybridized carbons (Fsp3) is 0.444. The third-order valence-electron chi connectivity index (χ3n) is 4.34. The van der Waals surface area contributed by atoms with Gasteiger partial charge in [-0.1, -0.05) is 18.2 Å². The number of rotatable bonds is 6. The summed E-state index contributed by atoms with van der Waals surface area (Å²) in [7, 11) is 0. The maximum Gasteiger partial charge on any atom is 0.231 e. The molecule has 0 saturated heterocycles. The van der Waals surface area contributed by atoms with Crippen molar-refractivity contribution in [3.63, 3.8) is 0 Å². The Bertz CT molecular complexity index is 631. The molecule has 2 aliphatic rings. The molecule has 1 saturated carbocycles. The van der Waals surface area contributed by atoms with Crippen LogP contribution in [-0.2, 0) is 0 Å². The van der Waals surface area contributed by atoms with Crippen molar-refractivity contribution in [2.45, 2.75) is 18.9 Å². The molecule has 1 aliphatic heterocycles. The van der Waals surface area contributed by atoms with Crippen LogP contribution in [0.15, 0.2) is 34.6 Å². The van der Waals surface area contributed by atoms with Crippen LogP contribution in [0.4, 0.5) is 0 Å². The van der Waals surface area contributed by atoms with Crippen LogP contribution in [0.1, 0.15) is 18.9 Å². The Morgan fingerprint density at radius 1 is 1.26 bits per heavy atom. The number of fused-ring (bicyclic) bond motifs is 1. The average molecular weight is 351 g/mol. The third-order valence-corrected chi connectivity index (χ3v) is 6.38. The second kappa shape index (κ2) is 6.83. The minimum atomic E-state index is -0.745. The molecule has 0 aromatic heterocycles. The predicted molar refractivity (Wildman–Crippen MR) is 98.9 cm³/mol. The van der Waals surface area contributed by atoms with Crippen LogP contribution in [0.5, 0.6) is 11.5 Å². The van der Waals surface area contributed by atoms with Gasteiger partial charge in [-0.3, -0.25) is 0 Å². The summed E-state index contributed by atoms with van der Waals surface area (Å²) in [6.07, 6.45) is 11.4. The molecule has 1 aliphatic carbocycles. The molecule has 0 radical (unpaired) electrons. The van der Waals surface area contributed by atoms with E-state index in [9.17, 15) is 5.11 Å². The van der Waals surface area contributed by atoms with Gasteiger partial charge in [0, 0.05) is 4.24 Å². The van der Waals surface area contributed by atoms with Gasteiger partial charge in [0.1, 0.15) is 0 Å². The number of aliphatic hydroxyl groups is 1. The van der Waals surface area contributed by atoms with E-state index in [-0.39, 0.29) is 0 Å². The van der Waals surface area contributed by atoms with Gasteiger partial charge in [0.2, 0.25) is 6.79 Å². The summed E-state index contributed by atoms with van der Waals surface area (Å²) in [5.41, 5.74) is 0.356. The number of hydrogen-bond acceptors (Lipinski definition) is 5. The molecule has 124 valence electrons. The van der Waals surface area contributed by atoms with E-state index in [1.54, 1.807) is 23.5 Å². The topological polar surface area (TPSA) is 38.7 Å². The maximum absolute atomic E-state index is 10.7. The van der Waals surface area contributed by atoms with Crippen molar-refractivity contribution < 1.29 is 14.6 Å². The number of benzene rings is 1. The molecule has 0 spiro atoms. The van der Waals surface area contributed by atoms with Crippen LogP contribution < -0.4 is 9.47 Å². The van der Waals surface area contributed by atoms with E-state index in [0.29, 0.717) is 18.6 Å². The van der Waals surface area contributed by atoms with Crippen molar-refractivity contribution in [2.24, 2.45) is 11.8 Å². The van der Waals surface area contributed by atoms with E-state index in [0.717, 1.165) is 23.5 Å². The Kier molecular flexibility index (Phi) is 4.99. The van der Waals surface area contributed by atoms with Crippen molar-refractivity contribution in [1.29, 1.82) is 0 Å². The van der Waals surface area contributed by atoms with Crippen LogP contribution in [0.3, 0.4) is 0 Å². The van der Waals surface area contributed by atoms with Crippen LogP contribution in [-0.4, -0.2) is 30.0 Å². The summed E-state index contributed by atoms with van der Waals surface area (Å²) in [6.45, 7) is 2.22. The molecule has 5 heteroatoms. The van der Waals surface area contributed by atoms with Gasteiger partial charge in [0.05, 0.1) is 5.60 Å². The lowest BCUT2D eigenvalue weighted by molar-refractivity contribution is 0.0841. The molecule has 1 heterocycles. The molecule has 1 N–H and O–H groups in total. The third kappa shape index (κ3) is 3.90. The van der Waals surface area contributed by atoms with E-state index in [1.807, 2.05) is 43.7 Å². The summed E-state index contributed by atoms with van der Waals surface area (Å²) in [6, 6.07) is 5.96. The molecule has 1 fully saturated rings. The average Bonchev–Trinajstić information content (AvgIpc) is 3.20. The first kappa shape index (κ1) is 16.8. The van der Waals surface area contributed by atoms with Crippen LogP contribution in [0, 0.1) is 11.8 Å². The highest BCUT2D eigenvalue weighted by molar-refractivity contribution is 8.21. The van der Waals surface area contributed by atoms with Crippen LogP contribution >= 0.6 is 23.5 Å². The Morgan fingerprint density at radius 3 is 2.74 bits per heavy atom.